The number of ether oxygens (including phenoxy) is 1. The summed E-state index contributed by atoms with van der Waals surface area (Å²) >= 11 is 0. The van der Waals surface area contributed by atoms with Crippen LogP contribution >= 0.6 is 0 Å². The molecule has 0 saturated heterocycles. The highest BCUT2D eigenvalue weighted by atomic mass is 16.5. The van der Waals surface area contributed by atoms with Gasteiger partial charge in [-0.2, -0.15) is 0 Å². The Morgan fingerprint density at radius 2 is 1.72 bits per heavy atom. The number of likely N-dealkylation sites (N-methyl/N-ethyl adjacent to an activating group) is 1. The third-order valence-electron chi connectivity index (χ3n) is 7.56. The second-order valence-corrected chi connectivity index (χ2v) is 10.7. The lowest BCUT2D eigenvalue weighted by atomic mass is 10.0. The Hall–Kier alpha value is -3.59. The SMILES string of the molecule is C[C@@H]1CN[C@@H](C2CC2)C(=O)N(C)[C@H](C)C(=O)N[C@H](Cc2ccccc2O)C(=O)NCCCc2ccccc2O1. The molecule has 0 radical (unpaired) electrons. The molecule has 1 heterocycles. The van der Waals surface area contributed by atoms with Crippen LogP contribution < -0.4 is 20.7 Å². The molecule has 1 fully saturated rings. The molecule has 1 saturated carbocycles. The van der Waals surface area contributed by atoms with Crippen molar-refractivity contribution in [1.29, 1.82) is 0 Å². The van der Waals surface area contributed by atoms with Gasteiger partial charge in [0.15, 0.2) is 0 Å². The number of aromatic hydroxyl groups is 1. The van der Waals surface area contributed by atoms with Crippen molar-refractivity contribution in [2.24, 2.45) is 5.92 Å². The Balaban J connectivity index is 1.57. The van der Waals surface area contributed by atoms with Crippen molar-refractivity contribution in [3.05, 3.63) is 59.7 Å². The lowest BCUT2D eigenvalue weighted by Gasteiger charge is -2.31. The standard InChI is InChI=1S/C30H40N4O5/c1-19-18-32-27(22-14-15-22)30(38)34(3)20(2)28(36)33-24(17-23-10-4-6-12-25(23)35)29(37)31-16-8-11-21-9-5-7-13-26(21)39-19/h4-7,9-10,12-13,19-20,22,24,27,32,35H,8,11,14-18H2,1-3H3,(H,31,37)(H,33,36)/t19-,20-,24-,27+/m1/s1. The van der Waals surface area contributed by atoms with Gasteiger partial charge in [0.25, 0.3) is 0 Å². The van der Waals surface area contributed by atoms with Gasteiger partial charge in [-0.3, -0.25) is 14.4 Å². The summed E-state index contributed by atoms with van der Waals surface area (Å²) in [7, 11) is 1.62. The topological polar surface area (TPSA) is 120 Å². The van der Waals surface area contributed by atoms with Crippen molar-refractivity contribution in [1.82, 2.24) is 20.9 Å². The molecule has 9 heteroatoms. The molecule has 0 bridgehead atoms. The minimum absolute atomic E-state index is 0.0588. The Kier molecular flexibility index (Phi) is 9.45. The number of amides is 3. The van der Waals surface area contributed by atoms with Crippen LogP contribution in [0.15, 0.2) is 48.5 Å². The first-order chi connectivity index (χ1) is 18.7. The maximum absolute atomic E-state index is 13.5. The van der Waals surface area contributed by atoms with Crippen molar-refractivity contribution in [2.45, 2.75) is 70.2 Å². The molecule has 2 aromatic carbocycles. The molecule has 2 aromatic rings. The predicted octanol–water partition coefficient (Wildman–Crippen LogP) is 2.16. The van der Waals surface area contributed by atoms with Gasteiger partial charge in [0.1, 0.15) is 29.7 Å². The molecular weight excluding hydrogens is 496 g/mol. The largest absolute Gasteiger partial charge is 0.508 e. The molecule has 39 heavy (non-hydrogen) atoms. The lowest BCUT2D eigenvalue weighted by Crippen LogP contribution is -2.57. The van der Waals surface area contributed by atoms with E-state index in [1.54, 1.807) is 38.2 Å². The summed E-state index contributed by atoms with van der Waals surface area (Å²) < 4.78 is 6.24. The molecule has 1 aliphatic heterocycles. The van der Waals surface area contributed by atoms with Crippen molar-refractivity contribution >= 4 is 17.7 Å². The van der Waals surface area contributed by atoms with Crippen molar-refractivity contribution < 1.29 is 24.2 Å². The van der Waals surface area contributed by atoms with Crippen LogP contribution in [0.4, 0.5) is 0 Å². The van der Waals surface area contributed by atoms with E-state index in [0.717, 1.165) is 24.2 Å². The smallest absolute Gasteiger partial charge is 0.243 e. The Bertz CT molecular complexity index is 1170. The van der Waals surface area contributed by atoms with Crippen LogP contribution in [0.1, 0.15) is 44.2 Å². The first-order valence-electron chi connectivity index (χ1n) is 13.8. The average molecular weight is 537 g/mol. The van der Waals surface area contributed by atoms with Gasteiger partial charge >= 0.3 is 0 Å². The zero-order chi connectivity index (χ0) is 27.9. The zero-order valence-electron chi connectivity index (χ0n) is 23.0. The zero-order valence-corrected chi connectivity index (χ0v) is 23.0. The molecule has 210 valence electrons. The van der Waals surface area contributed by atoms with Gasteiger partial charge in [0, 0.05) is 26.6 Å². The summed E-state index contributed by atoms with van der Waals surface area (Å²) in [5, 5.41) is 19.5. The number of nitrogens with zero attached hydrogens (tertiary/aromatic N) is 1. The van der Waals surface area contributed by atoms with Crippen molar-refractivity contribution in [2.75, 3.05) is 20.1 Å². The summed E-state index contributed by atoms with van der Waals surface area (Å²) in [6.45, 7) is 4.54. The van der Waals surface area contributed by atoms with Crippen LogP contribution in [0.2, 0.25) is 0 Å². The number of hydrogen-bond donors (Lipinski definition) is 4. The fraction of sp³-hybridized carbons (Fsp3) is 0.500. The van der Waals surface area contributed by atoms with Crippen LogP contribution in [0.25, 0.3) is 0 Å². The van der Waals surface area contributed by atoms with E-state index >= 15 is 0 Å². The minimum Gasteiger partial charge on any atom is -0.508 e. The van der Waals surface area contributed by atoms with Crippen LogP contribution in [0, 0.1) is 5.92 Å². The van der Waals surface area contributed by atoms with Gasteiger partial charge in [-0.05, 0) is 68.7 Å². The molecule has 3 amide bonds. The molecule has 4 N–H and O–H groups in total. The third-order valence-corrected chi connectivity index (χ3v) is 7.56. The second kappa shape index (κ2) is 13.0. The van der Waals surface area contributed by atoms with Crippen molar-refractivity contribution in [3.8, 4) is 11.5 Å². The maximum Gasteiger partial charge on any atom is 0.243 e. The highest BCUT2D eigenvalue weighted by Crippen LogP contribution is 2.33. The van der Waals surface area contributed by atoms with Crippen LogP contribution in [-0.4, -0.2) is 72.1 Å². The van der Waals surface area contributed by atoms with E-state index < -0.39 is 24.0 Å². The van der Waals surface area contributed by atoms with E-state index in [2.05, 4.69) is 16.0 Å². The monoisotopic (exact) mass is 536 g/mol. The van der Waals surface area contributed by atoms with E-state index in [0.29, 0.717) is 31.5 Å². The summed E-state index contributed by atoms with van der Waals surface area (Å²) in [4.78, 5) is 41.5. The number of phenolic OH excluding ortho intramolecular Hbond substituents is 1. The van der Waals surface area contributed by atoms with Crippen LogP contribution in [0.3, 0.4) is 0 Å². The summed E-state index contributed by atoms with van der Waals surface area (Å²) in [6.07, 6.45) is 3.26. The molecule has 1 aliphatic carbocycles. The number of benzene rings is 2. The number of rotatable bonds is 3. The number of carbonyl (C=O) groups is 3. The Labute approximate surface area is 230 Å². The molecule has 9 nitrogen and oxygen atoms in total. The van der Waals surface area contributed by atoms with E-state index in [1.165, 1.54) is 4.90 Å². The van der Waals surface area contributed by atoms with Crippen molar-refractivity contribution in [3.63, 3.8) is 0 Å². The highest BCUT2D eigenvalue weighted by molar-refractivity contribution is 5.93. The van der Waals surface area contributed by atoms with Gasteiger partial charge in [-0.1, -0.05) is 36.4 Å². The number of aryl methyl sites for hydroxylation is 1. The van der Waals surface area contributed by atoms with E-state index in [9.17, 15) is 19.5 Å². The number of para-hydroxylation sites is 2. The van der Waals surface area contributed by atoms with Gasteiger partial charge in [0.2, 0.25) is 17.7 Å². The molecular formula is C30H40N4O5. The molecule has 4 atom stereocenters. The van der Waals surface area contributed by atoms with Gasteiger partial charge in [-0.15, -0.1) is 0 Å². The molecule has 2 aliphatic rings. The first-order valence-corrected chi connectivity index (χ1v) is 13.8. The Morgan fingerprint density at radius 3 is 2.46 bits per heavy atom. The summed E-state index contributed by atoms with van der Waals surface area (Å²) in [5.41, 5.74) is 1.59. The van der Waals surface area contributed by atoms with Crippen LogP contribution in [0.5, 0.6) is 11.5 Å². The number of hydrogen-bond acceptors (Lipinski definition) is 6. The third kappa shape index (κ3) is 7.50. The number of fused-ring (bicyclic) bond motifs is 1. The van der Waals surface area contributed by atoms with Crippen LogP contribution in [-0.2, 0) is 27.2 Å². The number of nitrogens with one attached hydrogen (secondary N) is 3. The Morgan fingerprint density at radius 1 is 1.00 bits per heavy atom. The van der Waals surface area contributed by atoms with E-state index in [-0.39, 0.29) is 36.0 Å². The lowest BCUT2D eigenvalue weighted by molar-refractivity contribution is -0.141. The average Bonchev–Trinajstić information content (AvgIpc) is 3.76. The van der Waals surface area contributed by atoms with E-state index in [4.69, 9.17) is 4.74 Å². The maximum atomic E-state index is 13.5. The molecule has 0 unspecified atom stereocenters. The normalized spacial score (nSPS) is 25.9. The van der Waals surface area contributed by atoms with Gasteiger partial charge < -0.3 is 30.7 Å². The van der Waals surface area contributed by atoms with E-state index in [1.807, 2.05) is 31.2 Å². The molecule has 4 rings (SSSR count). The van der Waals surface area contributed by atoms with Gasteiger partial charge in [-0.25, -0.2) is 0 Å². The fourth-order valence-corrected chi connectivity index (χ4v) is 4.87. The predicted molar refractivity (Wildman–Crippen MR) is 148 cm³/mol. The molecule has 0 spiro atoms. The fourth-order valence-electron chi connectivity index (χ4n) is 4.87. The quantitative estimate of drug-likeness (QED) is 0.477. The summed E-state index contributed by atoms with van der Waals surface area (Å²) in [5.74, 6) is 0.148. The highest BCUT2D eigenvalue weighted by Gasteiger charge is 2.39. The second-order valence-electron chi connectivity index (χ2n) is 10.7. The number of phenols is 1. The number of carbonyl (C=O) groups excluding carboxylic acids is 3. The summed E-state index contributed by atoms with van der Waals surface area (Å²) in [6, 6.07) is 12.5. The minimum atomic E-state index is -0.913. The first kappa shape index (κ1) is 28.4. The van der Waals surface area contributed by atoms with Gasteiger partial charge in [0.05, 0.1) is 6.04 Å². The molecule has 0 aromatic heterocycles.